The van der Waals surface area contributed by atoms with E-state index in [0.29, 0.717) is 24.2 Å². The molecule has 1 aliphatic heterocycles. The number of benzene rings is 1. The van der Waals surface area contributed by atoms with Gasteiger partial charge in [0.15, 0.2) is 0 Å². The summed E-state index contributed by atoms with van der Waals surface area (Å²) in [5.41, 5.74) is 1.86. The van der Waals surface area contributed by atoms with Crippen molar-refractivity contribution in [1.82, 2.24) is 0 Å². The van der Waals surface area contributed by atoms with Crippen LogP contribution in [0.15, 0.2) is 0 Å². The number of rotatable bonds is 2. The monoisotopic (exact) mass is 322 g/mol. The molecule has 1 aliphatic rings. The molecule has 0 aromatic heterocycles. The number of esters is 1. The van der Waals surface area contributed by atoms with Gasteiger partial charge in [-0.05, 0) is 57.7 Å². The fourth-order valence-electron chi connectivity index (χ4n) is 2.72. The third-order valence-electron chi connectivity index (χ3n) is 4.39. The second-order valence-electron chi connectivity index (χ2n) is 5.94. The minimum Gasteiger partial charge on any atom is -0.507 e. The van der Waals surface area contributed by atoms with Crippen LogP contribution in [-0.2, 0) is 20.7 Å². The van der Waals surface area contributed by atoms with Crippen LogP contribution in [0.5, 0.6) is 11.5 Å². The maximum absolute atomic E-state index is 12.3. The molecule has 6 nitrogen and oxygen atoms in total. The maximum Gasteiger partial charge on any atom is 0.516 e. The number of phenolic OH excluding ortho intramolecular Hbond substituents is 1. The van der Waals surface area contributed by atoms with Crippen LogP contribution in [0.2, 0.25) is 0 Å². The minimum atomic E-state index is -1.26. The second kappa shape index (κ2) is 6.10. The Balaban J connectivity index is 2.32. The average Bonchev–Trinajstić information content (AvgIpc) is 2.51. The maximum atomic E-state index is 12.3. The van der Waals surface area contributed by atoms with Crippen LogP contribution in [0.4, 0.5) is 4.79 Å². The molecular formula is C17H22O6. The van der Waals surface area contributed by atoms with E-state index >= 15 is 0 Å². The van der Waals surface area contributed by atoms with Crippen LogP contribution in [0, 0.1) is 20.8 Å². The van der Waals surface area contributed by atoms with Gasteiger partial charge in [0.25, 0.3) is 0 Å². The highest BCUT2D eigenvalue weighted by atomic mass is 16.7. The Morgan fingerprint density at radius 1 is 1.22 bits per heavy atom. The van der Waals surface area contributed by atoms with E-state index in [1.165, 1.54) is 0 Å². The van der Waals surface area contributed by atoms with Gasteiger partial charge in [-0.15, -0.1) is 0 Å². The molecule has 0 saturated carbocycles. The van der Waals surface area contributed by atoms with Crippen LogP contribution in [0.25, 0.3) is 0 Å². The zero-order valence-electron chi connectivity index (χ0n) is 14.1. The van der Waals surface area contributed by atoms with E-state index in [-0.39, 0.29) is 12.4 Å². The third kappa shape index (κ3) is 2.98. The molecule has 126 valence electrons. The van der Waals surface area contributed by atoms with Crippen LogP contribution in [0.1, 0.15) is 42.5 Å². The van der Waals surface area contributed by atoms with Crippen molar-refractivity contribution in [3.63, 3.8) is 0 Å². The van der Waals surface area contributed by atoms with Gasteiger partial charge in [-0.3, -0.25) is 0 Å². The molecule has 0 bridgehead atoms. The van der Waals surface area contributed by atoms with Crippen molar-refractivity contribution < 1.29 is 28.9 Å². The molecule has 0 aliphatic carbocycles. The number of ether oxygens (including phenoxy) is 3. The first-order chi connectivity index (χ1) is 10.7. The van der Waals surface area contributed by atoms with Crippen molar-refractivity contribution in [3.05, 3.63) is 22.3 Å². The summed E-state index contributed by atoms with van der Waals surface area (Å²) < 4.78 is 15.2. The van der Waals surface area contributed by atoms with Gasteiger partial charge in [-0.1, -0.05) is 0 Å². The molecule has 0 spiro atoms. The average molecular weight is 322 g/mol. The van der Waals surface area contributed by atoms with Gasteiger partial charge in [-0.25, -0.2) is 9.59 Å². The zero-order valence-corrected chi connectivity index (χ0v) is 14.1. The summed E-state index contributed by atoms with van der Waals surface area (Å²) in [7, 11) is 0. The summed E-state index contributed by atoms with van der Waals surface area (Å²) in [5, 5.41) is 10.2. The molecule has 0 amide bonds. The number of hydrogen-bond acceptors (Lipinski definition) is 6. The fraction of sp³-hybridized carbons (Fsp3) is 0.529. The lowest BCUT2D eigenvalue weighted by Gasteiger charge is -2.35. The molecule has 2 rings (SSSR count). The zero-order chi connectivity index (χ0) is 17.4. The summed E-state index contributed by atoms with van der Waals surface area (Å²) in [4.78, 5) is 23.6. The largest absolute Gasteiger partial charge is 0.516 e. The summed E-state index contributed by atoms with van der Waals surface area (Å²) in [6.45, 7) is 8.80. The number of hydrogen-bond donors (Lipinski definition) is 1. The van der Waals surface area contributed by atoms with Crippen molar-refractivity contribution in [3.8, 4) is 11.5 Å². The van der Waals surface area contributed by atoms with Gasteiger partial charge in [0, 0.05) is 12.0 Å². The van der Waals surface area contributed by atoms with E-state index in [9.17, 15) is 14.7 Å². The minimum absolute atomic E-state index is 0.128. The Morgan fingerprint density at radius 2 is 1.87 bits per heavy atom. The highest BCUT2D eigenvalue weighted by Crippen LogP contribution is 2.43. The summed E-state index contributed by atoms with van der Waals surface area (Å²) in [5.74, 6) is 0.0549. The number of carbonyl (C=O) groups excluding carboxylic acids is 2. The molecular weight excluding hydrogens is 300 g/mol. The molecule has 1 atom stereocenters. The molecule has 0 saturated heterocycles. The molecule has 1 aromatic rings. The van der Waals surface area contributed by atoms with Crippen molar-refractivity contribution in [2.24, 2.45) is 0 Å². The molecule has 23 heavy (non-hydrogen) atoms. The van der Waals surface area contributed by atoms with Gasteiger partial charge < -0.3 is 19.3 Å². The van der Waals surface area contributed by atoms with E-state index in [4.69, 9.17) is 9.47 Å². The first-order valence-electron chi connectivity index (χ1n) is 7.61. The van der Waals surface area contributed by atoms with Gasteiger partial charge in [0.2, 0.25) is 5.60 Å². The third-order valence-corrected chi connectivity index (χ3v) is 4.39. The summed E-state index contributed by atoms with van der Waals surface area (Å²) >= 11 is 0. The Morgan fingerprint density at radius 3 is 2.48 bits per heavy atom. The van der Waals surface area contributed by atoms with Gasteiger partial charge in [0.1, 0.15) is 11.5 Å². The Kier molecular flexibility index (Phi) is 4.54. The van der Waals surface area contributed by atoms with Crippen LogP contribution in [0.3, 0.4) is 0 Å². The molecule has 1 N–H and O–H groups in total. The van der Waals surface area contributed by atoms with Crippen LogP contribution >= 0.6 is 0 Å². The Bertz CT molecular complexity index is 664. The smallest absolute Gasteiger partial charge is 0.507 e. The lowest BCUT2D eigenvalue weighted by Crippen LogP contribution is -2.46. The summed E-state index contributed by atoms with van der Waals surface area (Å²) in [6, 6.07) is 0. The molecule has 0 unspecified atom stereocenters. The lowest BCUT2D eigenvalue weighted by atomic mass is 9.87. The van der Waals surface area contributed by atoms with Crippen molar-refractivity contribution >= 4 is 12.1 Å². The van der Waals surface area contributed by atoms with Crippen LogP contribution < -0.4 is 4.74 Å². The normalized spacial score (nSPS) is 19.5. The highest BCUT2D eigenvalue weighted by Gasteiger charge is 2.43. The molecule has 0 radical (unpaired) electrons. The number of carbonyl (C=O) groups is 2. The predicted molar refractivity (Wildman–Crippen MR) is 82.8 cm³/mol. The first kappa shape index (κ1) is 17.1. The van der Waals surface area contributed by atoms with E-state index in [0.717, 1.165) is 16.7 Å². The summed E-state index contributed by atoms with van der Waals surface area (Å²) in [6.07, 6.45) is -0.131. The lowest BCUT2D eigenvalue weighted by molar-refractivity contribution is -0.157. The number of aromatic hydroxyl groups is 1. The first-order valence-corrected chi connectivity index (χ1v) is 7.61. The van der Waals surface area contributed by atoms with E-state index in [1.54, 1.807) is 20.8 Å². The van der Waals surface area contributed by atoms with E-state index in [2.05, 4.69) is 4.74 Å². The van der Waals surface area contributed by atoms with Gasteiger partial charge >= 0.3 is 12.1 Å². The second-order valence-corrected chi connectivity index (χ2v) is 5.94. The standard InChI is InChI=1S/C17H22O6/c1-6-21-16(20)22-15(19)17(5)8-7-12-11(4)13(18)9(2)10(3)14(12)23-17/h18H,6-8H2,1-5H3/t17-/m1/s1. The number of fused-ring (bicyclic) bond motifs is 1. The van der Waals surface area contributed by atoms with Crippen molar-refractivity contribution in [1.29, 1.82) is 0 Å². The molecule has 6 heteroatoms. The van der Waals surface area contributed by atoms with E-state index in [1.807, 2.05) is 13.8 Å². The Hall–Kier alpha value is -2.24. The quantitative estimate of drug-likeness (QED) is 0.665. The van der Waals surface area contributed by atoms with Gasteiger partial charge in [-0.2, -0.15) is 0 Å². The highest BCUT2D eigenvalue weighted by molar-refractivity contribution is 5.88. The Labute approximate surface area is 135 Å². The molecule has 1 heterocycles. The fourth-order valence-corrected chi connectivity index (χ4v) is 2.72. The topological polar surface area (TPSA) is 82.1 Å². The van der Waals surface area contributed by atoms with Gasteiger partial charge in [0.05, 0.1) is 6.61 Å². The number of phenols is 1. The van der Waals surface area contributed by atoms with E-state index < -0.39 is 17.7 Å². The molecule has 0 fully saturated rings. The molecule has 1 aromatic carbocycles. The SMILES string of the molecule is CCOC(=O)OC(=O)[C@@]1(C)CCc2c(C)c(O)c(C)c(C)c2O1. The van der Waals surface area contributed by atoms with Crippen LogP contribution in [-0.4, -0.2) is 29.4 Å². The van der Waals surface area contributed by atoms with Crippen molar-refractivity contribution in [2.75, 3.05) is 6.61 Å². The predicted octanol–water partition coefficient (Wildman–Crippen LogP) is 3.10. The van der Waals surface area contributed by atoms with Crippen molar-refractivity contribution in [2.45, 2.75) is 53.1 Å².